The summed E-state index contributed by atoms with van der Waals surface area (Å²) < 4.78 is 16.6. The van der Waals surface area contributed by atoms with Crippen molar-refractivity contribution < 1.29 is 28.6 Å². The maximum Gasteiger partial charge on any atom is 0.306 e. The zero-order valence-electron chi connectivity index (χ0n) is 34.5. The normalized spacial score (nSPS) is 12.6. The molecule has 0 heterocycles. The lowest BCUT2D eigenvalue weighted by Gasteiger charge is -2.18. The van der Waals surface area contributed by atoms with Gasteiger partial charge < -0.3 is 14.2 Å². The van der Waals surface area contributed by atoms with Crippen molar-refractivity contribution in [2.24, 2.45) is 0 Å². The second-order valence-corrected chi connectivity index (χ2v) is 14.2. The van der Waals surface area contributed by atoms with E-state index in [1.54, 1.807) is 0 Å². The van der Waals surface area contributed by atoms with E-state index in [0.717, 1.165) is 77.0 Å². The zero-order chi connectivity index (χ0) is 38.7. The average Bonchev–Trinajstić information content (AvgIpc) is 3.15. The second kappa shape index (κ2) is 41.9. The molecule has 1 atom stereocenters. The quantitative estimate of drug-likeness (QED) is 0.0271. The van der Waals surface area contributed by atoms with Crippen LogP contribution in [0.25, 0.3) is 0 Å². The average molecular weight is 741 g/mol. The van der Waals surface area contributed by atoms with Crippen LogP contribution in [0.5, 0.6) is 0 Å². The van der Waals surface area contributed by atoms with Crippen LogP contribution in [0.3, 0.4) is 0 Å². The number of rotatable bonds is 38. The van der Waals surface area contributed by atoms with Crippen molar-refractivity contribution in [1.82, 2.24) is 0 Å². The summed E-state index contributed by atoms with van der Waals surface area (Å²) >= 11 is 0. The molecule has 0 rings (SSSR count). The van der Waals surface area contributed by atoms with E-state index in [-0.39, 0.29) is 37.5 Å². The highest BCUT2D eigenvalue weighted by Gasteiger charge is 2.19. The first-order valence-corrected chi connectivity index (χ1v) is 21.8. The number of ether oxygens (including phenoxy) is 3. The van der Waals surface area contributed by atoms with Gasteiger partial charge in [-0.3, -0.25) is 14.4 Å². The van der Waals surface area contributed by atoms with E-state index >= 15 is 0 Å². The molecular weight excluding hydrogens is 661 g/mol. The molecule has 0 saturated heterocycles. The molecule has 0 aliphatic carbocycles. The van der Waals surface area contributed by atoms with Gasteiger partial charge in [0.2, 0.25) is 0 Å². The molecule has 0 radical (unpaired) electrons. The topological polar surface area (TPSA) is 78.9 Å². The van der Waals surface area contributed by atoms with Gasteiger partial charge >= 0.3 is 17.9 Å². The standard InChI is InChI=1S/C47H80O6/c1-4-7-10-13-16-19-20-21-22-23-24-25-26-29-31-34-37-40-46(49)52-43-44(53-47(50)41-38-35-32-28-18-15-12-9-6-3)42-51-45(48)39-36-33-30-27-17-14-11-8-5-2/h7,10,16,19,21-22,24-25,29,31,44H,4-6,8-9,11-15,17-18,20,23,26-28,30,32-43H2,1-3H3/b10-7-,19-16-,22-21-,25-24-,31-29-. The van der Waals surface area contributed by atoms with Crippen LogP contribution in [0, 0.1) is 0 Å². The van der Waals surface area contributed by atoms with Gasteiger partial charge in [-0.15, -0.1) is 0 Å². The highest BCUT2D eigenvalue weighted by Crippen LogP contribution is 2.13. The molecule has 0 aromatic heterocycles. The summed E-state index contributed by atoms with van der Waals surface area (Å²) in [6.07, 6.45) is 49.3. The molecule has 6 nitrogen and oxygen atoms in total. The van der Waals surface area contributed by atoms with Crippen molar-refractivity contribution in [3.63, 3.8) is 0 Å². The Kier molecular flexibility index (Phi) is 39.6. The molecule has 0 spiro atoms. The number of esters is 3. The minimum Gasteiger partial charge on any atom is -0.462 e. The van der Waals surface area contributed by atoms with E-state index in [1.165, 1.54) is 77.0 Å². The Bertz CT molecular complexity index is 991. The summed E-state index contributed by atoms with van der Waals surface area (Å²) in [5.41, 5.74) is 0. The summed E-state index contributed by atoms with van der Waals surface area (Å²) in [7, 11) is 0. The van der Waals surface area contributed by atoms with Crippen LogP contribution in [0.1, 0.15) is 201 Å². The molecule has 53 heavy (non-hydrogen) atoms. The maximum absolute atomic E-state index is 12.6. The SMILES string of the molecule is CC/C=C\C/C=C\C/C=C\C/C=C\C/C=C\CCCC(=O)OCC(COC(=O)CCCCCCCCCCC)OC(=O)CCCCCCCCCCC. The van der Waals surface area contributed by atoms with Crippen molar-refractivity contribution in [2.75, 3.05) is 13.2 Å². The van der Waals surface area contributed by atoms with Gasteiger partial charge in [0, 0.05) is 19.3 Å². The third-order valence-corrected chi connectivity index (χ3v) is 9.04. The lowest BCUT2D eigenvalue weighted by molar-refractivity contribution is -0.167. The number of carbonyl (C=O) groups is 3. The van der Waals surface area contributed by atoms with E-state index < -0.39 is 6.10 Å². The van der Waals surface area contributed by atoms with Crippen molar-refractivity contribution in [2.45, 2.75) is 207 Å². The molecule has 1 unspecified atom stereocenters. The Hall–Kier alpha value is -2.89. The zero-order valence-corrected chi connectivity index (χ0v) is 34.5. The third-order valence-electron chi connectivity index (χ3n) is 9.04. The van der Waals surface area contributed by atoms with Crippen LogP contribution in [0.15, 0.2) is 60.8 Å². The second-order valence-electron chi connectivity index (χ2n) is 14.2. The Labute approximate surface area is 326 Å². The van der Waals surface area contributed by atoms with Crippen LogP contribution >= 0.6 is 0 Å². The van der Waals surface area contributed by atoms with Crippen LogP contribution < -0.4 is 0 Å². The van der Waals surface area contributed by atoms with Crippen LogP contribution in [-0.4, -0.2) is 37.2 Å². The predicted octanol–water partition coefficient (Wildman–Crippen LogP) is 13.7. The molecule has 0 aliphatic heterocycles. The Morgan fingerprint density at radius 3 is 1.15 bits per heavy atom. The number of hydrogen-bond donors (Lipinski definition) is 0. The van der Waals surface area contributed by atoms with Gasteiger partial charge in [0.1, 0.15) is 13.2 Å². The summed E-state index contributed by atoms with van der Waals surface area (Å²) in [4.78, 5) is 37.5. The molecule has 6 heteroatoms. The fourth-order valence-electron chi connectivity index (χ4n) is 5.77. The minimum atomic E-state index is -0.789. The van der Waals surface area contributed by atoms with Crippen LogP contribution in [0.2, 0.25) is 0 Å². The first kappa shape index (κ1) is 50.1. The van der Waals surface area contributed by atoms with Crippen molar-refractivity contribution in [3.05, 3.63) is 60.8 Å². The van der Waals surface area contributed by atoms with Crippen LogP contribution in [0.4, 0.5) is 0 Å². The Balaban J connectivity index is 4.42. The van der Waals surface area contributed by atoms with Gasteiger partial charge in [-0.05, 0) is 57.8 Å². The molecule has 0 fully saturated rings. The molecule has 0 aromatic rings. The van der Waals surface area contributed by atoms with E-state index in [2.05, 4.69) is 81.5 Å². The smallest absolute Gasteiger partial charge is 0.306 e. The van der Waals surface area contributed by atoms with Gasteiger partial charge in [0.25, 0.3) is 0 Å². The van der Waals surface area contributed by atoms with Gasteiger partial charge in [-0.25, -0.2) is 0 Å². The third kappa shape index (κ3) is 40.1. The Morgan fingerprint density at radius 2 is 0.736 bits per heavy atom. The first-order chi connectivity index (χ1) is 26.0. The fourth-order valence-corrected chi connectivity index (χ4v) is 5.77. The van der Waals surface area contributed by atoms with E-state index in [1.807, 2.05) is 0 Å². The summed E-state index contributed by atoms with van der Waals surface area (Å²) in [5, 5.41) is 0. The molecule has 0 saturated carbocycles. The molecular formula is C47H80O6. The molecule has 0 aromatic carbocycles. The monoisotopic (exact) mass is 741 g/mol. The number of hydrogen-bond acceptors (Lipinski definition) is 6. The van der Waals surface area contributed by atoms with Crippen molar-refractivity contribution in [3.8, 4) is 0 Å². The first-order valence-electron chi connectivity index (χ1n) is 21.8. The lowest BCUT2D eigenvalue weighted by atomic mass is 10.1. The summed E-state index contributed by atoms with van der Waals surface area (Å²) in [5.74, 6) is -0.961. The van der Waals surface area contributed by atoms with E-state index in [4.69, 9.17) is 14.2 Å². The van der Waals surface area contributed by atoms with Gasteiger partial charge in [0.05, 0.1) is 0 Å². The molecule has 0 bridgehead atoms. The van der Waals surface area contributed by atoms with Gasteiger partial charge in [-0.2, -0.15) is 0 Å². The highest BCUT2D eigenvalue weighted by molar-refractivity contribution is 5.71. The van der Waals surface area contributed by atoms with Gasteiger partial charge in [0.15, 0.2) is 6.10 Å². The number of carbonyl (C=O) groups excluding carboxylic acids is 3. The van der Waals surface area contributed by atoms with Gasteiger partial charge in [-0.1, -0.05) is 184 Å². The minimum absolute atomic E-state index is 0.0902. The largest absolute Gasteiger partial charge is 0.462 e. The predicted molar refractivity (Wildman–Crippen MR) is 224 cm³/mol. The number of unbranched alkanes of at least 4 members (excludes halogenated alkanes) is 17. The molecule has 304 valence electrons. The molecule has 0 N–H and O–H groups in total. The van der Waals surface area contributed by atoms with E-state index in [0.29, 0.717) is 19.3 Å². The van der Waals surface area contributed by atoms with E-state index in [9.17, 15) is 14.4 Å². The highest BCUT2D eigenvalue weighted by atomic mass is 16.6. The van der Waals surface area contributed by atoms with Crippen molar-refractivity contribution >= 4 is 17.9 Å². The summed E-state index contributed by atoms with van der Waals surface area (Å²) in [6, 6.07) is 0. The fraction of sp³-hybridized carbons (Fsp3) is 0.723. The molecule has 0 amide bonds. The summed E-state index contributed by atoms with van der Waals surface area (Å²) in [6.45, 7) is 6.41. The van der Waals surface area contributed by atoms with Crippen molar-refractivity contribution in [1.29, 1.82) is 0 Å². The molecule has 0 aliphatic rings. The number of allylic oxidation sites excluding steroid dienone is 10. The Morgan fingerprint density at radius 1 is 0.396 bits per heavy atom. The van der Waals surface area contributed by atoms with Crippen LogP contribution in [-0.2, 0) is 28.6 Å². The maximum atomic E-state index is 12.6. The lowest BCUT2D eigenvalue weighted by Crippen LogP contribution is -2.30.